The molecule has 0 N–H and O–H groups in total. The van der Waals surface area contributed by atoms with Crippen LogP contribution in [0.25, 0.3) is 0 Å². The molecule has 5 heteroatoms. The molecule has 0 bridgehead atoms. The molecule has 0 spiro atoms. The maximum absolute atomic E-state index is 11.5. The van der Waals surface area contributed by atoms with Crippen molar-refractivity contribution >= 4 is 5.78 Å². The largest absolute Gasteiger partial charge is 0.497 e. The minimum atomic E-state index is -0.0574. The van der Waals surface area contributed by atoms with Gasteiger partial charge >= 0.3 is 0 Å². The molecule has 0 radical (unpaired) electrons. The van der Waals surface area contributed by atoms with E-state index in [4.69, 9.17) is 14.0 Å². The van der Waals surface area contributed by atoms with Crippen molar-refractivity contribution in [2.45, 2.75) is 13.5 Å². The van der Waals surface area contributed by atoms with Gasteiger partial charge in [-0.15, -0.1) is 0 Å². The first-order valence-electron chi connectivity index (χ1n) is 5.40. The van der Waals surface area contributed by atoms with E-state index >= 15 is 0 Å². The molecule has 0 saturated heterocycles. The number of aromatic nitrogens is 1. The molecule has 0 aliphatic carbocycles. The molecule has 0 fully saturated rings. The molecular weight excluding hydrogens is 234 g/mol. The Morgan fingerprint density at radius 2 is 2.28 bits per heavy atom. The van der Waals surface area contributed by atoms with Crippen LogP contribution in [0.4, 0.5) is 0 Å². The fourth-order valence-electron chi connectivity index (χ4n) is 1.50. The van der Waals surface area contributed by atoms with Crippen molar-refractivity contribution in [2.24, 2.45) is 0 Å². The lowest BCUT2D eigenvalue weighted by Crippen LogP contribution is -2.01. The fraction of sp³-hybridized carbons (Fsp3) is 0.231. The zero-order chi connectivity index (χ0) is 13.0. The highest BCUT2D eigenvalue weighted by Gasteiger charge is 2.10. The zero-order valence-corrected chi connectivity index (χ0v) is 10.2. The quantitative estimate of drug-likeness (QED) is 0.759. The van der Waals surface area contributed by atoms with Crippen molar-refractivity contribution in [3.05, 3.63) is 41.8 Å². The molecule has 0 aliphatic rings. The van der Waals surface area contributed by atoms with Crippen molar-refractivity contribution in [2.75, 3.05) is 7.11 Å². The Bertz CT molecular complexity index is 534. The van der Waals surface area contributed by atoms with E-state index in [-0.39, 0.29) is 12.4 Å². The summed E-state index contributed by atoms with van der Waals surface area (Å²) < 4.78 is 15.4. The van der Waals surface area contributed by atoms with Gasteiger partial charge < -0.3 is 14.0 Å². The van der Waals surface area contributed by atoms with Crippen molar-refractivity contribution in [1.29, 1.82) is 0 Å². The maximum Gasteiger partial charge on any atom is 0.163 e. The smallest absolute Gasteiger partial charge is 0.163 e. The maximum atomic E-state index is 11.5. The Balaban J connectivity index is 2.20. The van der Waals surface area contributed by atoms with Gasteiger partial charge in [0.05, 0.1) is 18.9 Å². The standard InChI is InChI=1S/C13H13NO4/c1-9(15)12-4-3-11(16-2)5-13(12)17-7-10-6-14-18-8-10/h3-6,8H,7H2,1-2H3. The third kappa shape index (κ3) is 2.68. The third-order valence-electron chi connectivity index (χ3n) is 2.45. The third-order valence-corrected chi connectivity index (χ3v) is 2.45. The number of ether oxygens (including phenoxy) is 2. The highest BCUT2D eigenvalue weighted by Crippen LogP contribution is 2.26. The summed E-state index contributed by atoms with van der Waals surface area (Å²) in [4.78, 5) is 11.5. The Hall–Kier alpha value is -2.30. The van der Waals surface area contributed by atoms with Crippen LogP contribution in [-0.4, -0.2) is 18.0 Å². The van der Waals surface area contributed by atoms with E-state index < -0.39 is 0 Å². The Kier molecular flexibility index (Phi) is 3.62. The second-order valence-electron chi connectivity index (χ2n) is 3.74. The number of benzene rings is 1. The van der Waals surface area contributed by atoms with Crippen LogP contribution in [0.3, 0.4) is 0 Å². The lowest BCUT2D eigenvalue weighted by molar-refractivity contribution is 0.101. The summed E-state index contributed by atoms with van der Waals surface area (Å²) in [5.41, 5.74) is 1.32. The van der Waals surface area contributed by atoms with Gasteiger partial charge in [-0.2, -0.15) is 0 Å². The molecule has 0 atom stereocenters. The van der Waals surface area contributed by atoms with Gasteiger partial charge in [-0.3, -0.25) is 4.79 Å². The van der Waals surface area contributed by atoms with E-state index in [9.17, 15) is 4.79 Å². The van der Waals surface area contributed by atoms with Gasteiger partial charge in [-0.25, -0.2) is 0 Å². The number of methoxy groups -OCH3 is 1. The molecule has 5 nitrogen and oxygen atoms in total. The van der Waals surface area contributed by atoms with Crippen molar-refractivity contribution in [1.82, 2.24) is 5.16 Å². The molecule has 0 amide bonds. The van der Waals surface area contributed by atoms with Gasteiger partial charge in [0, 0.05) is 11.6 Å². The minimum absolute atomic E-state index is 0.0574. The highest BCUT2D eigenvalue weighted by atomic mass is 16.5. The lowest BCUT2D eigenvalue weighted by Gasteiger charge is -2.10. The minimum Gasteiger partial charge on any atom is -0.497 e. The normalized spacial score (nSPS) is 10.1. The molecule has 2 aromatic rings. The van der Waals surface area contributed by atoms with Gasteiger partial charge in [0.1, 0.15) is 24.4 Å². The molecule has 1 aromatic carbocycles. The first kappa shape index (κ1) is 12.2. The first-order valence-corrected chi connectivity index (χ1v) is 5.40. The van der Waals surface area contributed by atoms with E-state index in [1.807, 2.05) is 0 Å². The highest BCUT2D eigenvalue weighted by molar-refractivity contribution is 5.97. The molecular formula is C13H13NO4. The van der Waals surface area contributed by atoms with Crippen LogP contribution in [0.15, 0.2) is 35.2 Å². The summed E-state index contributed by atoms with van der Waals surface area (Å²) >= 11 is 0. The average molecular weight is 247 g/mol. The zero-order valence-electron chi connectivity index (χ0n) is 10.2. The number of ketones is 1. The van der Waals surface area contributed by atoms with Gasteiger partial charge in [0.2, 0.25) is 0 Å². The molecule has 2 rings (SSSR count). The molecule has 0 aliphatic heterocycles. The number of hydrogen-bond donors (Lipinski definition) is 0. The topological polar surface area (TPSA) is 61.6 Å². The SMILES string of the molecule is COc1ccc(C(C)=O)c(OCc2cnoc2)c1. The number of carbonyl (C=O) groups excluding carboxylic acids is 1. The van der Waals surface area contributed by atoms with Crippen LogP contribution >= 0.6 is 0 Å². The van der Waals surface area contributed by atoms with E-state index in [1.54, 1.807) is 31.5 Å². The molecule has 0 saturated carbocycles. The first-order chi connectivity index (χ1) is 8.70. The van der Waals surface area contributed by atoms with E-state index in [2.05, 4.69) is 5.16 Å². The van der Waals surface area contributed by atoms with E-state index in [0.29, 0.717) is 17.1 Å². The number of rotatable bonds is 5. The Labute approximate surface area is 104 Å². The van der Waals surface area contributed by atoms with Crippen molar-refractivity contribution in [3.8, 4) is 11.5 Å². The summed E-state index contributed by atoms with van der Waals surface area (Å²) in [7, 11) is 1.56. The molecule has 0 unspecified atom stereocenters. The predicted molar refractivity (Wildman–Crippen MR) is 63.8 cm³/mol. The van der Waals surface area contributed by atoms with Crippen LogP contribution in [0.1, 0.15) is 22.8 Å². The average Bonchev–Trinajstić information content (AvgIpc) is 2.88. The van der Waals surface area contributed by atoms with Gasteiger partial charge in [-0.05, 0) is 19.1 Å². The molecule has 94 valence electrons. The van der Waals surface area contributed by atoms with Crippen molar-refractivity contribution in [3.63, 3.8) is 0 Å². The number of Topliss-reactive ketones (excluding diaryl/α,β-unsaturated/α-hetero) is 1. The van der Waals surface area contributed by atoms with E-state index in [1.165, 1.54) is 13.2 Å². The number of nitrogens with zero attached hydrogens (tertiary/aromatic N) is 1. The number of hydrogen-bond acceptors (Lipinski definition) is 5. The van der Waals surface area contributed by atoms with Gasteiger partial charge in [0.25, 0.3) is 0 Å². The van der Waals surface area contributed by atoms with Crippen LogP contribution in [0.5, 0.6) is 11.5 Å². The summed E-state index contributed by atoms with van der Waals surface area (Å²) in [6.45, 7) is 1.78. The molecule has 1 heterocycles. The van der Waals surface area contributed by atoms with Crippen LogP contribution in [0, 0.1) is 0 Å². The summed E-state index contributed by atoms with van der Waals surface area (Å²) in [6.07, 6.45) is 3.06. The monoisotopic (exact) mass is 247 g/mol. The van der Waals surface area contributed by atoms with Crippen molar-refractivity contribution < 1.29 is 18.8 Å². The van der Waals surface area contributed by atoms with Crippen LogP contribution in [-0.2, 0) is 6.61 Å². The number of carbonyl (C=O) groups is 1. The van der Waals surface area contributed by atoms with Gasteiger partial charge in [-0.1, -0.05) is 5.16 Å². The Morgan fingerprint density at radius 3 is 2.89 bits per heavy atom. The predicted octanol–water partition coefficient (Wildman–Crippen LogP) is 2.46. The second-order valence-corrected chi connectivity index (χ2v) is 3.74. The molecule has 18 heavy (non-hydrogen) atoms. The summed E-state index contributed by atoms with van der Waals surface area (Å²) in [5.74, 6) is 1.07. The van der Waals surface area contributed by atoms with Crippen LogP contribution in [0.2, 0.25) is 0 Å². The summed E-state index contributed by atoms with van der Waals surface area (Å²) in [6, 6.07) is 5.09. The summed E-state index contributed by atoms with van der Waals surface area (Å²) in [5, 5.41) is 3.58. The fourth-order valence-corrected chi connectivity index (χ4v) is 1.50. The Morgan fingerprint density at radius 1 is 1.44 bits per heavy atom. The second kappa shape index (κ2) is 5.35. The molecule has 1 aromatic heterocycles. The lowest BCUT2D eigenvalue weighted by atomic mass is 10.1. The van der Waals surface area contributed by atoms with Crippen LogP contribution < -0.4 is 9.47 Å². The van der Waals surface area contributed by atoms with E-state index in [0.717, 1.165) is 5.56 Å². The van der Waals surface area contributed by atoms with Gasteiger partial charge in [0.15, 0.2) is 5.78 Å².